The van der Waals surface area contributed by atoms with Crippen molar-refractivity contribution in [3.05, 3.63) is 58.1 Å². The molecule has 1 amide bonds. The number of hydrogen-bond acceptors (Lipinski definition) is 7. The van der Waals surface area contributed by atoms with Crippen molar-refractivity contribution in [1.82, 2.24) is 5.01 Å². The van der Waals surface area contributed by atoms with Gasteiger partial charge < -0.3 is 14.2 Å². The first-order valence-electron chi connectivity index (χ1n) is 11.1. The molecule has 2 aliphatic heterocycles. The third-order valence-electron chi connectivity index (χ3n) is 5.20. The summed E-state index contributed by atoms with van der Waals surface area (Å²) in [6, 6.07) is 11.1. The SMILES string of the molecule is CCCC1=NN2C(=N)/C(=C/c3cc(Cl)c(OCCOc4ccccc4C)c(OC)c3)C(=O)N=C2S1. The molecule has 182 valence electrons. The summed E-state index contributed by atoms with van der Waals surface area (Å²) in [5.74, 6) is 1.05. The van der Waals surface area contributed by atoms with Crippen molar-refractivity contribution in [2.45, 2.75) is 26.7 Å². The fourth-order valence-electron chi connectivity index (χ4n) is 3.49. The Hall–Kier alpha value is -3.30. The third-order valence-corrected chi connectivity index (χ3v) is 6.45. The molecule has 0 atom stereocenters. The van der Waals surface area contributed by atoms with E-state index in [1.54, 1.807) is 18.2 Å². The number of nitrogens with zero attached hydrogens (tertiary/aromatic N) is 3. The number of fused-ring (bicyclic) bond motifs is 1. The zero-order valence-corrected chi connectivity index (χ0v) is 21.2. The lowest BCUT2D eigenvalue weighted by Crippen LogP contribution is -2.35. The van der Waals surface area contributed by atoms with Crippen molar-refractivity contribution >= 4 is 51.4 Å². The highest BCUT2D eigenvalue weighted by atomic mass is 35.5. The predicted molar refractivity (Wildman–Crippen MR) is 140 cm³/mol. The molecule has 2 aromatic rings. The van der Waals surface area contributed by atoms with Gasteiger partial charge in [-0.25, -0.2) is 0 Å². The van der Waals surface area contributed by atoms with Gasteiger partial charge in [-0.2, -0.15) is 15.1 Å². The average Bonchev–Trinajstić information content (AvgIpc) is 3.24. The molecule has 2 heterocycles. The monoisotopic (exact) mass is 512 g/mol. The topological polar surface area (TPSA) is 96.6 Å². The largest absolute Gasteiger partial charge is 0.493 e. The summed E-state index contributed by atoms with van der Waals surface area (Å²) in [5, 5.41) is 15.9. The lowest BCUT2D eigenvalue weighted by atomic mass is 10.1. The summed E-state index contributed by atoms with van der Waals surface area (Å²) in [7, 11) is 1.51. The summed E-state index contributed by atoms with van der Waals surface area (Å²) < 4.78 is 17.1. The van der Waals surface area contributed by atoms with E-state index in [2.05, 4.69) is 10.1 Å². The van der Waals surface area contributed by atoms with Crippen molar-refractivity contribution in [1.29, 1.82) is 5.41 Å². The van der Waals surface area contributed by atoms with Crippen LogP contribution in [0.3, 0.4) is 0 Å². The molecule has 0 aliphatic carbocycles. The number of nitrogens with one attached hydrogen (secondary N) is 1. The first-order chi connectivity index (χ1) is 16.9. The number of amidine groups is 2. The zero-order valence-electron chi connectivity index (χ0n) is 19.6. The summed E-state index contributed by atoms with van der Waals surface area (Å²) in [6.45, 7) is 4.61. The first kappa shape index (κ1) is 24.8. The Labute approximate surface area is 213 Å². The number of hydrazone groups is 1. The van der Waals surface area contributed by atoms with Gasteiger partial charge in [0.2, 0.25) is 5.17 Å². The number of ether oxygens (including phenoxy) is 3. The zero-order chi connectivity index (χ0) is 24.9. The Morgan fingerprint density at radius 2 is 1.94 bits per heavy atom. The van der Waals surface area contributed by atoms with Crippen LogP contribution < -0.4 is 14.2 Å². The molecule has 8 nitrogen and oxygen atoms in total. The van der Waals surface area contributed by atoms with Crippen molar-refractivity contribution in [2.24, 2.45) is 10.1 Å². The first-order valence-corrected chi connectivity index (χ1v) is 12.3. The molecule has 2 aliphatic rings. The molecule has 10 heteroatoms. The normalized spacial score (nSPS) is 16.2. The van der Waals surface area contributed by atoms with Gasteiger partial charge in [0.05, 0.1) is 17.7 Å². The number of aryl methyl sites for hydroxylation is 1. The molecule has 0 unspecified atom stereocenters. The number of thioether (sulfide) groups is 1. The second-order valence-electron chi connectivity index (χ2n) is 7.76. The Morgan fingerprint density at radius 1 is 1.17 bits per heavy atom. The summed E-state index contributed by atoms with van der Waals surface area (Å²) in [4.78, 5) is 16.8. The smallest absolute Gasteiger partial charge is 0.283 e. The molecule has 0 saturated heterocycles. The number of methoxy groups -OCH3 is 1. The minimum atomic E-state index is -0.495. The Balaban J connectivity index is 1.49. The van der Waals surface area contributed by atoms with Gasteiger partial charge in [0, 0.05) is 0 Å². The maximum absolute atomic E-state index is 12.6. The number of amides is 1. The van der Waals surface area contributed by atoms with E-state index in [0.717, 1.165) is 29.2 Å². The molecule has 0 radical (unpaired) electrons. The lowest BCUT2D eigenvalue weighted by Gasteiger charge is -2.20. The molecular formula is C25H25ClN4O4S. The minimum absolute atomic E-state index is 0.0256. The average molecular weight is 513 g/mol. The minimum Gasteiger partial charge on any atom is -0.493 e. The van der Waals surface area contributed by atoms with Gasteiger partial charge in [-0.1, -0.05) is 36.7 Å². The molecule has 2 aromatic carbocycles. The summed E-state index contributed by atoms with van der Waals surface area (Å²) in [5.41, 5.74) is 1.74. The van der Waals surface area contributed by atoms with Gasteiger partial charge in [-0.05, 0) is 66.9 Å². The molecule has 1 N–H and O–H groups in total. The molecular weight excluding hydrogens is 488 g/mol. The van der Waals surface area contributed by atoms with E-state index in [9.17, 15) is 4.79 Å². The second-order valence-corrected chi connectivity index (χ2v) is 9.21. The molecule has 0 bridgehead atoms. The Morgan fingerprint density at radius 3 is 2.69 bits per heavy atom. The number of para-hydroxylation sites is 1. The van der Waals surface area contributed by atoms with Crippen molar-refractivity contribution in [3.63, 3.8) is 0 Å². The quantitative estimate of drug-likeness (QED) is 0.350. The lowest BCUT2D eigenvalue weighted by molar-refractivity contribution is -0.114. The number of rotatable bonds is 9. The molecule has 35 heavy (non-hydrogen) atoms. The third kappa shape index (κ3) is 5.52. The molecule has 0 saturated carbocycles. The standard InChI is InChI=1S/C25H25ClN4O4S/c1-4-7-21-29-30-23(27)17(24(31)28-25(30)35-21)12-16-13-18(26)22(20(14-16)32-3)34-11-10-33-19-9-6-5-8-15(19)2/h5-6,8-9,12-14,27H,4,7,10-11H2,1-3H3/b17-12-,27-23?. The Bertz CT molecular complexity index is 1260. The van der Waals surface area contributed by atoms with Crippen LogP contribution in [0.2, 0.25) is 5.02 Å². The number of carbonyl (C=O) groups is 1. The van der Waals surface area contributed by atoms with Crippen LogP contribution >= 0.6 is 23.4 Å². The van der Waals surface area contributed by atoms with E-state index in [-0.39, 0.29) is 18.0 Å². The van der Waals surface area contributed by atoms with E-state index in [4.69, 9.17) is 31.2 Å². The molecule has 4 rings (SSSR count). The molecule has 0 aromatic heterocycles. The maximum atomic E-state index is 12.6. The van der Waals surface area contributed by atoms with Gasteiger partial charge in [0.25, 0.3) is 5.91 Å². The Kier molecular flexibility index (Phi) is 7.77. The number of benzene rings is 2. The van der Waals surface area contributed by atoms with Crippen molar-refractivity contribution < 1.29 is 19.0 Å². The predicted octanol–water partition coefficient (Wildman–Crippen LogP) is 5.53. The fourth-order valence-corrected chi connectivity index (χ4v) is 4.75. The molecule has 0 spiro atoms. The highest BCUT2D eigenvalue weighted by Crippen LogP contribution is 2.38. The highest BCUT2D eigenvalue weighted by Gasteiger charge is 2.35. The molecule has 0 fully saturated rings. The van der Waals surface area contributed by atoms with E-state index >= 15 is 0 Å². The van der Waals surface area contributed by atoms with E-state index in [0.29, 0.717) is 33.9 Å². The number of hydrogen-bond donors (Lipinski definition) is 1. The van der Waals surface area contributed by atoms with Crippen LogP contribution in [0.1, 0.15) is 30.9 Å². The van der Waals surface area contributed by atoms with Crippen molar-refractivity contribution in [2.75, 3.05) is 20.3 Å². The summed E-state index contributed by atoms with van der Waals surface area (Å²) in [6.07, 6.45) is 3.25. The fraction of sp³-hybridized carbons (Fsp3) is 0.280. The van der Waals surface area contributed by atoms with Gasteiger partial charge in [-0.3, -0.25) is 10.2 Å². The van der Waals surface area contributed by atoms with E-state index in [1.165, 1.54) is 23.9 Å². The number of carbonyl (C=O) groups excluding carboxylic acids is 1. The van der Waals surface area contributed by atoms with Gasteiger partial charge >= 0.3 is 0 Å². The van der Waals surface area contributed by atoms with Gasteiger partial charge in [0.1, 0.15) is 24.0 Å². The van der Waals surface area contributed by atoms with Crippen LogP contribution in [-0.4, -0.2) is 47.3 Å². The van der Waals surface area contributed by atoms with Crippen molar-refractivity contribution in [3.8, 4) is 17.2 Å². The van der Waals surface area contributed by atoms with Crippen LogP contribution in [0.15, 0.2) is 52.1 Å². The highest BCUT2D eigenvalue weighted by molar-refractivity contribution is 8.26. The summed E-state index contributed by atoms with van der Waals surface area (Å²) >= 11 is 7.81. The van der Waals surface area contributed by atoms with E-state index in [1.807, 2.05) is 38.1 Å². The van der Waals surface area contributed by atoms with E-state index < -0.39 is 5.91 Å². The van der Waals surface area contributed by atoms with Crippen LogP contribution in [0.25, 0.3) is 6.08 Å². The number of aliphatic imine (C=N–C) groups is 1. The number of halogens is 1. The maximum Gasteiger partial charge on any atom is 0.283 e. The van der Waals surface area contributed by atoms with Crippen LogP contribution in [0.5, 0.6) is 17.2 Å². The second kappa shape index (κ2) is 11.0. The van der Waals surface area contributed by atoms with Crippen LogP contribution in [0.4, 0.5) is 0 Å². The van der Waals surface area contributed by atoms with Gasteiger partial charge in [0.15, 0.2) is 17.3 Å². The van der Waals surface area contributed by atoms with Crippen LogP contribution in [0, 0.1) is 12.3 Å². The van der Waals surface area contributed by atoms with Gasteiger partial charge in [-0.15, -0.1) is 0 Å². The van der Waals surface area contributed by atoms with Crippen LogP contribution in [-0.2, 0) is 4.79 Å².